The smallest absolute Gasteiger partial charge is 0.264 e. The Morgan fingerprint density at radius 2 is 1.62 bits per heavy atom. The predicted octanol–water partition coefficient (Wildman–Crippen LogP) is 4.50. The molecule has 0 saturated carbocycles. The van der Waals surface area contributed by atoms with Crippen LogP contribution >= 0.6 is 34.4 Å². The first kappa shape index (κ1) is 21.1. The molecule has 4 heterocycles. The van der Waals surface area contributed by atoms with Crippen molar-refractivity contribution in [2.24, 2.45) is 0 Å². The van der Waals surface area contributed by atoms with Crippen LogP contribution in [0.4, 0.5) is 0 Å². The van der Waals surface area contributed by atoms with Gasteiger partial charge in [0.15, 0.2) is 5.82 Å². The summed E-state index contributed by atoms with van der Waals surface area (Å²) in [6.45, 7) is 2.24. The van der Waals surface area contributed by atoms with Crippen molar-refractivity contribution >= 4 is 57.2 Å². The molecule has 0 N–H and O–H groups in total. The van der Waals surface area contributed by atoms with E-state index in [1.807, 2.05) is 69.1 Å². The minimum atomic E-state index is 0.0510. The molecule has 4 aromatic rings. The van der Waals surface area contributed by atoms with E-state index in [2.05, 4.69) is 0 Å². The van der Waals surface area contributed by atoms with Crippen LogP contribution < -0.4 is 0 Å². The zero-order chi connectivity index (χ0) is 21.9. The van der Waals surface area contributed by atoms with E-state index in [9.17, 15) is 9.59 Å². The van der Waals surface area contributed by atoms with Gasteiger partial charge in [-0.05, 0) is 29.0 Å². The number of hydrogen-bond acceptors (Lipinski definition) is 7. The predicted molar refractivity (Wildman–Crippen MR) is 130 cm³/mol. The SMILES string of the molecule is O=C(CSc1nc(-c2cccs2)nc2ccccc12)N1CCN(C(=O)c2cccs2)CC1. The Balaban J connectivity index is 1.25. The summed E-state index contributed by atoms with van der Waals surface area (Å²) < 4.78 is 0. The average Bonchev–Trinajstić information content (AvgIpc) is 3.56. The Kier molecular flexibility index (Phi) is 6.20. The number of thioether (sulfide) groups is 1. The van der Waals surface area contributed by atoms with Gasteiger partial charge < -0.3 is 9.80 Å². The number of aromatic nitrogens is 2. The number of carbonyl (C=O) groups is 2. The molecule has 0 atom stereocenters. The molecule has 0 bridgehead atoms. The molecule has 0 radical (unpaired) electrons. The highest BCUT2D eigenvalue weighted by Gasteiger charge is 2.25. The van der Waals surface area contributed by atoms with Crippen molar-refractivity contribution in [2.75, 3.05) is 31.9 Å². The van der Waals surface area contributed by atoms with Gasteiger partial charge in [-0.2, -0.15) is 0 Å². The van der Waals surface area contributed by atoms with Crippen molar-refractivity contribution in [3.8, 4) is 10.7 Å². The number of para-hydroxylation sites is 1. The number of carbonyl (C=O) groups excluding carboxylic acids is 2. The van der Waals surface area contributed by atoms with Crippen molar-refractivity contribution in [3.05, 3.63) is 64.2 Å². The summed E-state index contributed by atoms with van der Waals surface area (Å²) in [5, 5.41) is 5.69. The summed E-state index contributed by atoms with van der Waals surface area (Å²) in [5.74, 6) is 1.12. The third kappa shape index (κ3) is 4.41. The number of benzene rings is 1. The van der Waals surface area contributed by atoms with Crippen LogP contribution in [0.2, 0.25) is 0 Å². The summed E-state index contributed by atoms with van der Waals surface area (Å²) in [6.07, 6.45) is 0. The molecule has 1 aliphatic heterocycles. The first-order chi connectivity index (χ1) is 15.7. The van der Waals surface area contributed by atoms with Crippen molar-refractivity contribution < 1.29 is 9.59 Å². The van der Waals surface area contributed by atoms with Crippen molar-refractivity contribution in [2.45, 2.75) is 5.03 Å². The first-order valence-electron chi connectivity index (χ1n) is 10.2. The summed E-state index contributed by atoms with van der Waals surface area (Å²) >= 11 is 4.50. The standard InChI is InChI=1S/C23H20N4O2S3/c28-20(26-9-11-27(12-10-26)23(29)19-8-4-14-31-19)15-32-22-16-5-1-2-6-17(16)24-21(25-22)18-7-3-13-30-18/h1-8,13-14H,9-12,15H2. The van der Waals surface area contributed by atoms with Gasteiger partial charge in [-0.25, -0.2) is 9.97 Å². The minimum absolute atomic E-state index is 0.0510. The summed E-state index contributed by atoms with van der Waals surface area (Å²) in [5.41, 5.74) is 0.876. The zero-order valence-corrected chi connectivity index (χ0v) is 19.6. The molecule has 9 heteroatoms. The second kappa shape index (κ2) is 9.40. The van der Waals surface area contributed by atoms with Crippen molar-refractivity contribution in [1.29, 1.82) is 0 Å². The molecule has 1 aliphatic rings. The monoisotopic (exact) mass is 480 g/mol. The third-order valence-electron chi connectivity index (χ3n) is 5.29. The van der Waals surface area contributed by atoms with Crippen molar-refractivity contribution in [1.82, 2.24) is 19.8 Å². The number of piperazine rings is 1. The average molecular weight is 481 g/mol. The molecule has 1 fully saturated rings. The van der Waals surface area contributed by atoms with E-state index in [1.54, 1.807) is 11.3 Å². The largest absolute Gasteiger partial charge is 0.338 e. The molecule has 5 rings (SSSR count). The van der Waals surface area contributed by atoms with Gasteiger partial charge in [-0.3, -0.25) is 9.59 Å². The van der Waals surface area contributed by atoms with Crippen LogP contribution in [0.15, 0.2) is 64.3 Å². The van der Waals surface area contributed by atoms with Crippen LogP contribution in [-0.2, 0) is 4.79 Å². The van der Waals surface area contributed by atoms with Crippen LogP contribution in [0.1, 0.15) is 9.67 Å². The van der Waals surface area contributed by atoms with E-state index in [0.717, 1.165) is 25.7 Å². The summed E-state index contributed by atoms with van der Waals surface area (Å²) in [6, 6.07) is 15.6. The van der Waals surface area contributed by atoms with E-state index >= 15 is 0 Å². The van der Waals surface area contributed by atoms with Gasteiger partial charge in [-0.15, -0.1) is 22.7 Å². The minimum Gasteiger partial charge on any atom is -0.338 e. The lowest BCUT2D eigenvalue weighted by Crippen LogP contribution is -2.51. The molecular formula is C23H20N4O2S3. The number of thiophene rings is 2. The molecule has 162 valence electrons. The second-order valence-corrected chi connectivity index (χ2v) is 10.1. The van der Waals surface area contributed by atoms with Crippen LogP contribution in [0.5, 0.6) is 0 Å². The maximum atomic E-state index is 12.9. The van der Waals surface area contributed by atoms with Gasteiger partial charge >= 0.3 is 0 Å². The Morgan fingerprint density at radius 1 is 0.875 bits per heavy atom. The molecule has 0 aliphatic carbocycles. The van der Waals surface area contributed by atoms with Crippen molar-refractivity contribution in [3.63, 3.8) is 0 Å². The van der Waals surface area contributed by atoms with Gasteiger partial charge in [0.25, 0.3) is 5.91 Å². The highest BCUT2D eigenvalue weighted by atomic mass is 32.2. The fourth-order valence-corrected chi connectivity index (χ4v) is 5.88. The molecule has 3 aromatic heterocycles. The van der Waals surface area contributed by atoms with E-state index in [-0.39, 0.29) is 11.8 Å². The molecule has 6 nitrogen and oxygen atoms in total. The lowest BCUT2D eigenvalue weighted by Gasteiger charge is -2.34. The Labute approximate surface area is 197 Å². The van der Waals surface area contributed by atoms with E-state index in [0.29, 0.717) is 37.8 Å². The maximum absolute atomic E-state index is 12.9. The summed E-state index contributed by atoms with van der Waals surface area (Å²) in [4.78, 5) is 40.3. The molecule has 2 amide bonds. The Bertz CT molecular complexity index is 1230. The van der Waals surface area contributed by atoms with E-state index in [4.69, 9.17) is 9.97 Å². The number of rotatable bonds is 5. The molecule has 0 unspecified atom stereocenters. The quantitative estimate of drug-likeness (QED) is 0.311. The normalized spacial score (nSPS) is 14.1. The van der Waals surface area contributed by atoms with Crippen LogP contribution in [0.25, 0.3) is 21.6 Å². The molecular weight excluding hydrogens is 460 g/mol. The molecule has 0 spiro atoms. The second-order valence-electron chi connectivity index (χ2n) is 7.29. The highest BCUT2D eigenvalue weighted by Crippen LogP contribution is 2.30. The van der Waals surface area contributed by atoms with Gasteiger partial charge in [0.1, 0.15) is 5.03 Å². The third-order valence-corrected chi connectivity index (χ3v) is 7.99. The van der Waals surface area contributed by atoms with Gasteiger partial charge in [0.2, 0.25) is 5.91 Å². The topological polar surface area (TPSA) is 66.4 Å². The molecule has 1 aromatic carbocycles. The lowest BCUT2D eigenvalue weighted by atomic mass is 10.2. The van der Waals surface area contributed by atoms with E-state index < -0.39 is 0 Å². The zero-order valence-electron chi connectivity index (χ0n) is 17.1. The fourth-order valence-electron chi connectivity index (χ4n) is 3.61. The first-order valence-corrected chi connectivity index (χ1v) is 13.0. The Hall–Kier alpha value is -2.75. The van der Waals surface area contributed by atoms with Gasteiger partial charge in [0.05, 0.1) is 21.0 Å². The molecule has 32 heavy (non-hydrogen) atoms. The fraction of sp³-hybridized carbons (Fsp3) is 0.217. The van der Waals surface area contributed by atoms with Crippen LogP contribution in [-0.4, -0.2) is 63.5 Å². The van der Waals surface area contributed by atoms with Crippen LogP contribution in [0, 0.1) is 0 Å². The van der Waals surface area contributed by atoms with Crippen LogP contribution in [0.3, 0.4) is 0 Å². The number of hydrogen-bond donors (Lipinski definition) is 0. The number of amides is 2. The maximum Gasteiger partial charge on any atom is 0.264 e. The van der Waals surface area contributed by atoms with E-state index in [1.165, 1.54) is 23.1 Å². The number of nitrogens with zero attached hydrogens (tertiary/aromatic N) is 4. The summed E-state index contributed by atoms with van der Waals surface area (Å²) in [7, 11) is 0. The number of fused-ring (bicyclic) bond motifs is 1. The molecule has 1 saturated heterocycles. The lowest BCUT2D eigenvalue weighted by molar-refractivity contribution is -0.129. The Morgan fingerprint density at radius 3 is 2.38 bits per heavy atom. The van der Waals surface area contributed by atoms with Gasteiger partial charge in [-0.1, -0.05) is 42.1 Å². The van der Waals surface area contributed by atoms with Gasteiger partial charge in [0, 0.05) is 31.6 Å². The highest BCUT2D eigenvalue weighted by molar-refractivity contribution is 8.00.